The lowest BCUT2D eigenvalue weighted by atomic mass is 10.5. The summed E-state index contributed by atoms with van der Waals surface area (Å²) >= 11 is 3.22. The summed E-state index contributed by atoms with van der Waals surface area (Å²) in [6, 6.07) is 0. The number of hydrogen-bond donors (Lipinski definition) is 3. The van der Waals surface area contributed by atoms with Crippen LogP contribution in [0.2, 0.25) is 0 Å². The van der Waals surface area contributed by atoms with Gasteiger partial charge in [-0.1, -0.05) is 0 Å². The van der Waals surface area contributed by atoms with E-state index in [0.29, 0.717) is 0 Å². The fraction of sp³-hybridized carbons (Fsp3) is 0.500. The van der Waals surface area contributed by atoms with E-state index in [2.05, 4.69) is 22.4 Å². The van der Waals surface area contributed by atoms with Crippen molar-refractivity contribution in [3.63, 3.8) is 0 Å². The van der Waals surface area contributed by atoms with Gasteiger partial charge in [-0.25, -0.2) is 4.79 Å². The first-order chi connectivity index (χ1) is 4.70. The van der Waals surface area contributed by atoms with Gasteiger partial charge in [0.2, 0.25) is 5.91 Å². The molecule has 0 saturated heterocycles. The number of hydrogen-bond acceptors (Lipinski definition) is 5. The van der Waals surface area contributed by atoms with Crippen molar-refractivity contribution in [2.24, 2.45) is 5.73 Å². The smallest absolute Gasteiger partial charge is 0.337 e. The third-order valence-electron chi connectivity index (χ3n) is 0.717. The maximum atomic E-state index is 10.4. The molecule has 0 radical (unpaired) electrons. The van der Waals surface area contributed by atoms with Crippen LogP contribution in [0.4, 0.5) is 0 Å². The van der Waals surface area contributed by atoms with E-state index in [1.54, 1.807) is 0 Å². The molecule has 58 valence electrons. The maximum absolute atomic E-state index is 10.4. The second-order valence-corrected chi connectivity index (χ2v) is 1.63. The lowest BCUT2D eigenvalue weighted by molar-refractivity contribution is -0.134. The van der Waals surface area contributed by atoms with Gasteiger partial charge in [-0.05, 0) is 0 Å². The van der Waals surface area contributed by atoms with Crippen molar-refractivity contribution in [1.29, 1.82) is 0 Å². The van der Waals surface area contributed by atoms with Gasteiger partial charge in [-0.3, -0.25) is 4.79 Å². The molecule has 0 aliphatic carbocycles. The van der Waals surface area contributed by atoms with Crippen LogP contribution in [0.3, 0.4) is 0 Å². The van der Waals surface area contributed by atoms with Crippen LogP contribution in [0.15, 0.2) is 0 Å². The SMILES string of the molecule is NCC(=O)NCC(=O)OS. The second-order valence-electron chi connectivity index (χ2n) is 1.44. The highest BCUT2D eigenvalue weighted by Gasteiger charge is 2.01. The fourth-order valence-corrected chi connectivity index (χ4v) is 0.340. The number of carbonyl (C=O) groups is 2. The molecule has 0 aromatic rings. The minimum Gasteiger partial charge on any atom is -0.393 e. The van der Waals surface area contributed by atoms with E-state index in [0.717, 1.165) is 0 Å². The molecule has 6 heteroatoms. The Morgan fingerprint density at radius 3 is 2.60 bits per heavy atom. The van der Waals surface area contributed by atoms with E-state index < -0.39 is 11.9 Å². The molecule has 0 aliphatic rings. The Hall–Kier alpha value is -0.750. The van der Waals surface area contributed by atoms with Crippen LogP contribution in [0.25, 0.3) is 0 Å². The highest BCUT2D eigenvalue weighted by Crippen LogP contribution is 1.78. The Bertz CT molecular complexity index is 122. The zero-order valence-corrected chi connectivity index (χ0v) is 6.06. The van der Waals surface area contributed by atoms with Gasteiger partial charge in [-0.15, -0.1) is 0 Å². The lowest BCUT2D eigenvalue weighted by Gasteiger charge is -1.98. The molecule has 5 nitrogen and oxygen atoms in total. The molecule has 10 heavy (non-hydrogen) atoms. The van der Waals surface area contributed by atoms with E-state index in [-0.39, 0.29) is 13.1 Å². The van der Waals surface area contributed by atoms with Gasteiger partial charge >= 0.3 is 5.97 Å². The predicted molar refractivity (Wildman–Crippen MR) is 37.1 cm³/mol. The first-order valence-electron chi connectivity index (χ1n) is 2.51. The normalized spacial score (nSPS) is 8.60. The first kappa shape index (κ1) is 9.25. The molecule has 0 bridgehead atoms. The molecular weight excluding hydrogens is 156 g/mol. The van der Waals surface area contributed by atoms with E-state index in [4.69, 9.17) is 5.73 Å². The summed E-state index contributed by atoms with van der Waals surface area (Å²) in [5.74, 6) is -1.02. The minimum atomic E-state index is -0.620. The predicted octanol–water partition coefficient (Wildman–Crippen LogP) is -1.55. The summed E-state index contributed by atoms with van der Waals surface area (Å²) < 4.78 is 3.95. The summed E-state index contributed by atoms with van der Waals surface area (Å²) in [7, 11) is 0. The van der Waals surface area contributed by atoms with Crippen LogP contribution in [0.1, 0.15) is 0 Å². The maximum Gasteiger partial charge on any atom is 0.337 e. The quantitative estimate of drug-likeness (QED) is 0.348. The Morgan fingerprint density at radius 1 is 1.60 bits per heavy atom. The van der Waals surface area contributed by atoms with Gasteiger partial charge in [-0.2, -0.15) is 0 Å². The Morgan fingerprint density at radius 2 is 2.20 bits per heavy atom. The number of rotatable bonds is 3. The van der Waals surface area contributed by atoms with Crippen LogP contribution in [0, 0.1) is 0 Å². The zero-order valence-electron chi connectivity index (χ0n) is 5.16. The molecule has 0 unspecified atom stereocenters. The van der Waals surface area contributed by atoms with Crippen molar-refractivity contribution >= 4 is 24.8 Å². The van der Waals surface area contributed by atoms with E-state index in [9.17, 15) is 9.59 Å². The van der Waals surface area contributed by atoms with Crippen LogP contribution in [0.5, 0.6) is 0 Å². The first-order valence-corrected chi connectivity index (χ1v) is 2.88. The third kappa shape index (κ3) is 4.16. The van der Waals surface area contributed by atoms with Crippen molar-refractivity contribution < 1.29 is 13.8 Å². The highest BCUT2D eigenvalue weighted by atomic mass is 32.1. The summed E-state index contributed by atoms with van der Waals surface area (Å²) in [4.78, 5) is 20.6. The molecule has 3 N–H and O–H groups in total. The third-order valence-corrected chi connectivity index (χ3v) is 0.921. The van der Waals surface area contributed by atoms with Crippen LogP contribution in [-0.4, -0.2) is 25.0 Å². The second kappa shape index (κ2) is 5.07. The average Bonchev–Trinajstić information content (AvgIpc) is 1.99. The fourth-order valence-electron chi connectivity index (χ4n) is 0.275. The monoisotopic (exact) mass is 164 g/mol. The van der Waals surface area contributed by atoms with Crippen molar-refractivity contribution in [1.82, 2.24) is 5.32 Å². The topological polar surface area (TPSA) is 81.4 Å². The van der Waals surface area contributed by atoms with Crippen molar-refractivity contribution in [3.8, 4) is 0 Å². The largest absolute Gasteiger partial charge is 0.393 e. The summed E-state index contributed by atoms with van der Waals surface area (Å²) in [6.07, 6.45) is 0. The minimum absolute atomic E-state index is 0.139. The summed E-state index contributed by atoms with van der Waals surface area (Å²) in [5, 5.41) is 2.20. The van der Waals surface area contributed by atoms with Gasteiger partial charge in [0.15, 0.2) is 0 Å². The molecule has 0 saturated carbocycles. The number of nitrogens with one attached hydrogen (secondary N) is 1. The van der Waals surface area contributed by atoms with Crippen LogP contribution >= 0.6 is 12.9 Å². The van der Waals surface area contributed by atoms with Crippen molar-refractivity contribution in [3.05, 3.63) is 0 Å². The zero-order chi connectivity index (χ0) is 7.98. The van der Waals surface area contributed by atoms with Crippen molar-refractivity contribution in [2.75, 3.05) is 13.1 Å². The molecule has 0 atom stereocenters. The van der Waals surface area contributed by atoms with E-state index in [1.807, 2.05) is 0 Å². The van der Waals surface area contributed by atoms with Gasteiger partial charge in [0.1, 0.15) is 6.54 Å². The lowest BCUT2D eigenvalue weighted by Crippen LogP contribution is -2.34. The standard InChI is InChI=1S/C4H8N2O3S/c5-1-3(7)6-2-4(8)9-10/h10H,1-2,5H2,(H,6,7). The molecule has 0 fully saturated rings. The van der Waals surface area contributed by atoms with Crippen LogP contribution < -0.4 is 11.1 Å². The molecule has 0 aromatic heterocycles. The highest BCUT2D eigenvalue weighted by molar-refractivity contribution is 7.75. The number of carbonyl (C=O) groups excluding carboxylic acids is 2. The molecular formula is C4H8N2O3S. The summed E-state index contributed by atoms with van der Waals surface area (Å²) in [6.45, 7) is -0.334. The van der Waals surface area contributed by atoms with Gasteiger partial charge in [0.25, 0.3) is 0 Å². The van der Waals surface area contributed by atoms with E-state index in [1.165, 1.54) is 0 Å². The van der Waals surface area contributed by atoms with Gasteiger partial charge in [0.05, 0.1) is 6.54 Å². The van der Waals surface area contributed by atoms with Crippen molar-refractivity contribution in [2.45, 2.75) is 0 Å². The number of nitrogens with two attached hydrogens (primary N) is 1. The Labute approximate surface area is 63.5 Å². The Balaban J connectivity index is 3.35. The molecule has 0 spiro atoms. The Kier molecular flexibility index (Phi) is 4.69. The van der Waals surface area contributed by atoms with Crippen LogP contribution in [-0.2, 0) is 13.8 Å². The molecule has 0 heterocycles. The average molecular weight is 164 g/mol. The summed E-state index contributed by atoms with van der Waals surface area (Å²) in [5.41, 5.74) is 4.92. The molecule has 0 aliphatic heterocycles. The van der Waals surface area contributed by atoms with Gasteiger partial charge in [0, 0.05) is 12.9 Å². The van der Waals surface area contributed by atoms with E-state index >= 15 is 0 Å². The molecule has 1 amide bonds. The number of thiol groups is 1. The molecule has 0 rings (SSSR count). The van der Waals surface area contributed by atoms with Gasteiger partial charge < -0.3 is 15.2 Å². The number of amides is 1. The molecule has 0 aromatic carbocycles.